The van der Waals surface area contributed by atoms with E-state index in [9.17, 15) is 14.4 Å². The van der Waals surface area contributed by atoms with Crippen molar-refractivity contribution in [3.05, 3.63) is 122 Å². The summed E-state index contributed by atoms with van der Waals surface area (Å²) < 4.78 is 16.8. The summed E-state index contributed by atoms with van der Waals surface area (Å²) in [5, 5.41) is 0. The number of rotatable bonds is 53. The Labute approximate surface area is 450 Å². The fourth-order valence-electron chi connectivity index (χ4n) is 7.99. The molecule has 0 heterocycles. The Morgan fingerprint density at radius 1 is 0.301 bits per heavy atom. The molecule has 0 saturated carbocycles. The normalized spacial score (nSPS) is 13.0. The highest BCUT2D eigenvalue weighted by Gasteiger charge is 2.19. The van der Waals surface area contributed by atoms with Gasteiger partial charge in [-0.2, -0.15) is 0 Å². The van der Waals surface area contributed by atoms with Crippen molar-refractivity contribution in [1.29, 1.82) is 0 Å². The molecule has 0 aromatic rings. The van der Waals surface area contributed by atoms with Crippen molar-refractivity contribution in [1.82, 2.24) is 0 Å². The quantitative estimate of drug-likeness (QED) is 0.0199. The molecule has 0 amide bonds. The Bertz CT molecular complexity index is 1540. The van der Waals surface area contributed by atoms with Gasteiger partial charge in [-0.05, 0) is 109 Å². The fourth-order valence-corrected chi connectivity index (χ4v) is 7.99. The van der Waals surface area contributed by atoms with E-state index in [-0.39, 0.29) is 44.0 Å². The van der Waals surface area contributed by atoms with Crippen molar-refractivity contribution in [3.8, 4) is 0 Å². The van der Waals surface area contributed by atoms with E-state index in [4.69, 9.17) is 14.2 Å². The van der Waals surface area contributed by atoms with Crippen LogP contribution in [0.1, 0.15) is 265 Å². The molecule has 414 valence electrons. The Morgan fingerprint density at radius 2 is 0.616 bits per heavy atom. The van der Waals surface area contributed by atoms with Gasteiger partial charge >= 0.3 is 17.9 Å². The predicted molar refractivity (Wildman–Crippen MR) is 316 cm³/mol. The van der Waals surface area contributed by atoms with E-state index < -0.39 is 6.10 Å². The molecule has 6 nitrogen and oxygen atoms in total. The van der Waals surface area contributed by atoms with Crippen molar-refractivity contribution in [2.75, 3.05) is 13.2 Å². The zero-order chi connectivity index (χ0) is 52.9. The first-order valence-electron chi connectivity index (χ1n) is 30.1. The zero-order valence-electron chi connectivity index (χ0n) is 47.4. The van der Waals surface area contributed by atoms with E-state index >= 15 is 0 Å². The molecule has 0 spiro atoms. The van der Waals surface area contributed by atoms with E-state index in [1.54, 1.807) is 0 Å². The molecule has 0 aromatic heterocycles. The first-order valence-corrected chi connectivity index (χ1v) is 30.1. The molecule has 1 unspecified atom stereocenters. The molecule has 0 aliphatic carbocycles. The van der Waals surface area contributed by atoms with Crippen LogP contribution in [0.3, 0.4) is 0 Å². The van der Waals surface area contributed by atoms with Crippen LogP contribution >= 0.6 is 0 Å². The highest BCUT2D eigenvalue weighted by atomic mass is 16.6. The molecular weight excluding hydrogens is 901 g/mol. The minimum Gasteiger partial charge on any atom is -0.462 e. The monoisotopic (exact) mass is 1010 g/mol. The van der Waals surface area contributed by atoms with Crippen LogP contribution in [0.25, 0.3) is 0 Å². The van der Waals surface area contributed by atoms with Gasteiger partial charge in [0.2, 0.25) is 0 Å². The molecule has 1 atom stereocenters. The second-order valence-electron chi connectivity index (χ2n) is 19.6. The molecule has 0 saturated heterocycles. The zero-order valence-corrected chi connectivity index (χ0v) is 47.4. The summed E-state index contributed by atoms with van der Waals surface area (Å²) in [6, 6.07) is 0. The molecule has 0 N–H and O–H groups in total. The standard InChI is InChI=1S/C67H110O6/c1-4-7-10-13-16-19-22-25-28-31-34-37-39-42-45-48-51-54-57-60-66(69)72-63-64(73-67(70)61-58-55-52-49-46-43-40-36-33-30-27-24-21-18-15-12-9-6-3)62-71-65(68)59-56-53-50-47-44-41-38-35-32-29-26-23-20-17-14-11-8-5-2/h7,10,16,19,24-25,27-28,30,33-38,40,42,45,51,54,64H,4-6,8-9,11-15,17-18,20-23,26,29,31-32,39,41,43-44,46-50,52-53,55-63H2,1-3H3/b10-7-,19-16-,27-24-,28-25-,33-30-,37-34-,38-35-,40-36-,45-42-,54-51-. The molecule has 0 fully saturated rings. The van der Waals surface area contributed by atoms with Crippen molar-refractivity contribution in [2.24, 2.45) is 0 Å². The summed E-state index contributed by atoms with van der Waals surface area (Å²) in [5.74, 6) is -1.03. The molecule has 0 bridgehead atoms. The first kappa shape index (κ1) is 68.8. The highest BCUT2D eigenvalue weighted by Crippen LogP contribution is 2.14. The van der Waals surface area contributed by atoms with Crippen molar-refractivity contribution in [3.63, 3.8) is 0 Å². The molecule has 0 radical (unpaired) electrons. The molecule has 0 aromatic carbocycles. The molecule has 6 heteroatoms. The SMILES string of the molecule is CC/C=C\C/C=C\C/C=C\C/C=C\C/C=C\C/C=C\CCC(=O)OCC(COC(=O)CCCCCCC/C=C\CCCCCCCCCCC)OC(=O)CCCCCCC\C=C/C=C\C=C/CCCCCCC. The largest absolute Gasteiger partial charge is 0.462 e. The van der Waals surface area contributed by atoms with Crippen LogP contribution in [0.15, 0.2) is 122 Å². The van der Waals surface area contributed by atoms with Crippen molar-refractivity contribution >= 4 is 17.9 Å². The van der Waals surface area contributed by atoms with Crippen LogP contribution in [-0.2, 0) is 28.6 Å². The van der Waals surface area contributed by atoms with Crippen molar-refractivity contribution in [2.45, 2.75) is 271 Å². The first-order chi connectivity index (χ1) is 36.0. The van der Waals surface area contributed by atoms with Gasteiger partial charge in [-0.25, -0.2) is 0 Å². The lowest BCUT2D eigenvalue weighted by Gasteiger charge is -2.18. The Hall–Kier alpha value is -4.19. The molecule has 0 aliphatic rings. The van der Waals surface area contributed by atoms with Gasteiger partial charge in [0.05, 0.1) is 0 Å². The maximum absolute atomic E-state index is 12.9. The number of hydrogen-bond donors (Lipinski definition) is 0. The van der Waals surface area contributed by atoms with Gasteiger partial charge in [0.1, 0.15) is 13.2 Å². The average molecular weight is 1010 g/mol. The van der Waals surface area contributed by atoms with E-state index in [0.29, 0.717) is 12.8 Å². The van der Waals surface area contributed by atoms with Crippen LogP contribution in [0.2, 0.25) is 0 Å². The van der Waals surface area contributed by atoms with Crippen LogP contribution in [0.4, 0.5) is 0 Å². The molecule has 0 aliphatic heterocycles. The van der Waals surface area contributed by atoms with Gasteiger partial charge < -0.3 is 14.2 Å². The smallest absolute Gasteiger partial charge is 0.306 e. The number of allylic oxidation sites excluding steroid dienone is 20. The van der Waals surface area contributed by atoms with Gasteiger partial charge in [-0.1, -0.05) is 258 Å². The highest BCUT2D eigenvalue weighted by molar-refractivity contribution is 5.71. The lowest BCUT2D eigenvalue weighted by Crippen LogP contribution is -2.30. The maximum atomic E-state index is 12.9. The van der Waals surface area contributed by atoms with E-state index in [2.05, 4.69) is 136 Å². The van der Waals surface area contributed by atoms with Crippen LogP contribution in [0, 0.1) is 0 Å². The average Bonchev–Trinajstić information content (AvgIpc) is 3.39. The topological polar surface area (TPSA) is 78.9 Å². The van der Waals surface area contributed by atoms with E-state index in [1.807, 2.05) is 6.08 Å². The summed E-state index contributed by atoms with van der Waals surface area (Å²) in [7, 11) is 0. The van der Waals surface area contributed by atoms with Crippen molar-refractivity contribution < 1.29 is 28.6 Å². The molecule has 0 rings (SSSR count). The summed E-state index contributed by atoms with van der Waals surface area (Å²) in [6.07, 6.45) is 83.4. The second-order valence-corrected chi connectivity index (χ2v) is 19.6. The lowest BCUT2D eigenvalue weighted by atomic mass is 10.1. The number of ether oxygens (including phenoxy) is 3. The van der Waals surface area contributed by atoms with Crippen LogP contribution < -0.4 is 0 Å². The molecular formula is C67H110O6. The van der Waals surface area contributed by atoms with Crippen LogP contribution in [-0.4, -0.2) is 37.2 Å². The number of unbranched alkanes of at least 4 members (excludes halogenated alkanes) is 24. The second kappa shape index (κ2) is 60.4. The Balaban J connectivity index is 4.56. The lowest BCUT2D eigenvalue weighted by molar-refractivity contribution is -0.166. The Morgan fingerprint density at radius 3 is 1.03 bits per heavy atom. The molecule has 73 heavy (non-hydrogen) atoms. The predicted octanol–water partition coefficient (Wildman–Crippen LogP) is 20.4. The van der Waals surface area contributed by atoms with E-state index in [0.717, 1.165) is 116 Å². The Kier molecular flexibility index (Phi) is 56.9. The van der Waals surface area contributed by atoms with Gasteiger partial charge in [0, 0.05) is 19.3 Å². The minimum absolute atomic E-state index is 0.117. The third-order valence-electron chi connectivity index (χ3n) is 12.5. The maximum Gasteiger partial charge on any atom is 0.306 e. The minimum atomic E-state index is -0.827. The number of esters is 3. The van der Waals surface area contributed by atoms with Gasteiger partial charge in [0.15, 0.2) is 6.10 Å². The number of hydrogen-bond acceptors (Lipinski definition) is 6. The summed E-state index contributed by atoms with van der Waals surface area (Å²) in [6.45, 7) is 6.43. The summed E-state index contributed by atoms with van der Waals surface area (Å²) >= 11 is 0. The fraction of sp³-hybridized carbons (Fsp3) is 0.657. The van der Waals surface area contributed by atoms with Crippen LogP contribution in [0.5, 0.6) is 0 Å². The third kappa shape index (κ3) is 58.6. The summed E-state index contributed by atoms with van der Waals surface area (Å²) in [5.41, 5.74) is 0. The number of carbonyl (C=O) groups excluding carboxylic acids is 3. The number of carbonyl (C=O) groups is 3. The van der Waals surface area contributed by atoms with Gasteiger partial charge in [0.25, 0.3) is 0 Å². The van der Waals surface area contributed by atoms with E-state index in [1.165, 1.54) is 103 Å². The third-order valence-corrected chi connectivity index (χ3v) is 12.5. The van der Waals surface area contributed by atoms with Gasteiger partial charge in [-0.15, -0.1) is 0 Å². The summed E-state index contributed by atoms with van der Waals surface area (Å²) in [4.78, 5) is 38.2. The van der Waals surface area contributed by atoms with Gasteiger partial charge in [-0.3, -0.25) is 14.4 Å².